The maximum atomic E-state index is 13.6. The highest BCUT2D eigenvalue weighted by molar-refractivity contribution is 6.07. The van der Waals surface area contributed by atoms with Crippen LogP contribution in [-0.2, 0) is 0 Å². The molecule has 0 fully saturated rings. The van der Waals surface area contributed by atoms with Crippen molar-refractivity contribution in [3.8, 4) is 0 Å². The molecule has 0 unspecified atom stereocenters. The Morgan fingerprint density at radius 2 is 1.67 bits per heavy atom. The number of nitrogen functional groups attached to an aromatic ring is 1. The third-order valence-corrected chi connectivity index (χ3v) is 2.32. The summed E-state index contributed by atoms with van der Waals surface area (Å²) in [5.74, 6) is -8.04. The summed E-state index contributed by atoms with van der Waals surface area (Å²) in [4.78, 5) is 22.4. The molecule has 0 spiro atoms. The molecular weight excluding hydrogens is 251 g/mol. The Morgan fingerprint density at radius 1 is 1.11 bits per heavy atom. The van der Waals surface area contributed by atoms with Gasteiger partial charge in [0.2, 0.25) is 0 Å². The van der Waals surface area contributed by atoms with Crippen LogP contribution in [0.5, 0.6) is 0 Å². The molecule has 98 valence electrons. The number of hydrogen-bond donors (Lipinski definition) is 2. The van der Waals surface area contributed by atoms with Crippen molar-refractivity contribution in [2.75, 3.05) is 5.73 Å². The molecule has 18 heavy (non-hydrogen) atoms. The molecule has 0 aromatic heterocycles. The van der Waals surface area contributed by atoms with E-state index < -0.39 is 46.0 Å². The zero-order chi connectivity index (χ0) is 14.0. The molecule has 0 heterocycles. The maximum Gasteiger partial charge on any atom is 0.339 e. The number of hydrogen-bond acceptors (Lipinski definition) is 3. The number of aromatic carboxylic acids is 1. The summed E-state index contributed by atoms with van der Waals surface area (Å²) in [5, 5.41) is 8.74. The Morgan fingerprint density at radius 3 is 2.11 bits per heavy atom. The second-order valence-electron chi connectivity index (χ2n) is 3.58. The molecule has 0 atom stereocenters. The van der Waals surface area contributed by atoms with Crippen molar-refractivity contribution in [3.05, 3.63) is 28.6 Å². The van der Waals surface area contributed by atoms with E-state index in [9.17, 15) is 22.8 Å². The van der Waals surface area contributed by atoms with E-state index in [1.165, 1.54) is 0 Å². The Bertz CT molecular complexity index is 529. The number of ketones is 1. The molecule has 0 aliphatic carbocycles. The van der Waals surface area contributed by atoms with Gasteiger partial charge < -0.3 is 10.8 Å². The van der Waals surface area contributed by atoms with Crippen molar-refractivity contribution < 1.29 is 27.9 Å². The lowest BCUT2D eigenvalue weighted by Crippen LogP contribution is -2.17. The maximum absolute atomic E-state index is 13.6. The van der Waals surface area contributed by atoms with Crippen molar-refractivity contribution in [3.63, 3.8) is 0 Å². The van der Waals surface area contributed by atoms with Gasteiger partial charge in [0.05, 0.1) is 5.56 Å². The summed E-state index contributed by atoms with van der Waals surface area (Å²) in [6, 6.07) is 0. The summed E-state index contributed by atoms with van der Waals surface area (Å²) >= 11 is 0. The minimum Gasteiger partial charge on any atom is -0.478 e. The number of carbonyl (C=O) groups excluding carboxylic acids is 1. The van der Waals surface area contributed by atoms with Crippen molar-refractivity contribution in [2.24, 2.45) is 0 Å². The molecule has 0 amide bonds. The molecule has 0 aliphatic rings. The number of carboxylic acids is 1. The highest BCUT2D eigenvalue weighted by Gasteiger charge is 2.30. The molecule has 3 N–H and O–H groups in total. The van der Waals surface area contributed by atoms with Gasteiger partial charge in [-0.25, -0.2) is 18.0 Å². The normalized spacial score (nSPS) is 10.4. The SMILES string of the molecule is CCCC(=O)c1c(F)c(N)c(F)c(F)c1C(=O)O. The van der Waals surface area contributed by atoms with Crippen LogP contribution in [0.2, 0.25) is 0 Å². The van der Waals surface area contributed by atoms with Gasteiger partial charge in [-0.15, -0.1) is 0 Å². The fourth-order valence-electron chi connectivity index (χ4n) is 1.49. The van der Waals surface area contributed by atoms with E-state index in [4.69, 9.17) is 10.8 Å². The van der Waals surface area contributed by atoms with Crippen LogP contribution in [0.25, 0.3) is 0 Å². The highest BCUT2D eigenvalue weighted by Crippen LogP contribution is 2.28. The molecule has 0 aliphatic heterocycles. The summed E-state index contributed by atoms with van der Waals surface area (Å²) in [7, 11) is 0. The Hall–Kier alpha value is -2.05. The van der Waals surface area contributed by atoms with Crippen LogP contribution in [0.4, 0.5) is 18.9 Å². The van der Waals surface area contributed by atoms with Gasteiger partial charge in [-0.2, -0.15) is 0 Å². The topological polar surface area (TPSA) is 80.4 Å². The van der Waals surface area contributed by atoms with Crippen LogP contribution in [0, 0.1) is 17.5 Å². The molecule has 1 aromatic rings. The quantitative estimate of drug-likeness (QED) is 0.495. The first-order valence-electron chi connectivity index (χ1n) is 5.05. The number of carbonyl (C=O) groups is 2. The minimum absolute atomic E-state index is 0.193. The van der Waals surface area contributed by atoms with Crippen LogP contribution < -0.4 is 5.73 Å². The minimum atomic E-state index is -1.93. The standard InChI is InChI=1S/C11H10F3NO3/c1-2-3-4(16)5-6(11(17)18)7(12)9(14)10(15)8(5)13/h2-3,15H2,1H3,(H,17,18). The lowest BCUT2D eigenvalue weighted by Gasteiger charge is -2.10. The van der Waals surface area contributed by atoms with E-state index in [1.54, 1.807) is 6.92 Å². The van der Waals surface area contributed by atoms with E-state index in [1.807, 2.05) is 0 Å². The third-order valence-electron chi connectivity index (χ3n) is 2.32. The van der Waals surface area contributed by atoms with Gasteiger partial charge in [-0.1, -0.05) is 6.92 Å². The fraction of sp³-hybridized carbons (Fsp3) is 0.273. The second-order valence-corrected chi connectivity index (χ2v) is 3.58. The average Bonchev–Trinajstić information content (AvgIpc) is 2.30. The largest absolute Gasteiger partial charge is 0.478 e. The molecule has 7 heteroatoms. The average molecular weight is 261 g/mol. The van der Waals surface area contributed by atoms with E-state index in [0.717, 1.165) is 0 Å². The molecule has 0 radical (unpaired) electrons. The van der Waals surface area contributed by atoms with Gasteiger partial charge >= 0.3 is 5.97 Å². The van der Waals surface area contributed by atoms with E-state index in [2.05, 4.69) is 0 Å². The number of Topliss-reactive ketones (excluding diaryl/α,β-unsaturated/α-hetero) is 1. The molecule has 1 aromatic carbocycles. The number of benzene rings is 1. The summed E-state index contributed by atoms with van der Waals surface area (Å²) in [6.07, 6.45) is 0.109. The molecule has 0 saturated carbocycles. The first kappa shape index (κ1) is 14.0. The fourth-order valence-corrected chi connectivity index (χ4v) is 1.49. The van der Waals surface area contributed by atoms with Gasteiger partial charge in [-0.3, -0.25) is 4.79 Å². The van der Waals surface area contributed by atoms with Crippen LogP contribution in [0.1, 0.15) is 40.5 Å². The number of halogens is 3. The monoisotopic (exact) mass is 261 g/mol. The predicted molar refractivity (Wildman–Crippen MR) is 56.9 cm³/mol. The third kappa shape index (κ3) is 2.15. The first-order chi connectivity index (χ1) is 8.32. The molecular formula is C11H10F3NO3. The van der Waals surface area contributed by atoms with Crippen molar-refractivity contribution >= 4 is 17.4 Å². The number of rotatable bonds is 4. The highest BCUT2D eigenvalue weighted by atomic mass is 19.2. The van der Waals surface area contributed by atoms with Gasteiger partial charge in [0.25, 0.3) is 0 Å². The predicted octanol–water partition coefficient (Wildman–Crippen LogP) is 2.37. The van der Waals surface area contributed by atoms with Crippen LogP contribution in [-0.4, -0.2) is 16.9 Å². The zero-order valence-electron chi connectivity index (χ0n) is 9.39. The Kier molecular flexibility index (Phi) is 3.95. The van der Waals surface area contributed by atoms with E-state index in [-0.39, 0.29) is 6.42 Å². The van der Waals surface area contributed by atoms with Gasteiger partial charge in [0.1, 0.15) is 11.3 Å². The zero-order valence-corrected chi connectivity index (χ0v) is 9.39. The van der Waals surface area contributed by atoms with Crippen LogP contribution in [0.3, 0.4) is 0 Å². The number of nitrogens with two attached hydrogens (primary N) is 1. The molecule has 4 nitrogen and oxygen atoms in total. The smallest absolute Gasteiger partial charge is 0.339 e. The first-order valence-corrected chi connectivity index (χ1v) is 5.05. The van der Waals surface area contributed by atoms with Crippen molar-refractivity contribution in [2.45, 2.75) is 19.8 Å². The van der Waals surface area contributed by atoms with Gasteiger partial charge in [0.15, 0.2) is 23.2 Å². The summed E-state index contributed by atoms with van der Waals surface area (Å²) in [6.45, 7) is 1.60. The van der Waals surface area contributed by atoms with Crippen molar-refractivity contribution in [1.82, 2.24) is 0 Å². The Balaban J connectivity index is 3.67. The summed E-state index contributed by atoms with van der Waals surface area (Å²) in [5.41, 5.74) is 1.42. The number of anilines is 1. The second kappa shape index (κ2) is 5.07. The van der Waals surface area contributed by atoms with Crippen LogP contribution >= 0.6 is 0 Å². The molecule has 1 rings (SSSR count). The molecule has 0 bridgehead atoms. The van der Waals surface area contributed by atoms with Gasteiger partial charge in [0, 0.05) is 6.42 Å². The van der Waals surface area contributed by atoms with Crippen molar-refractivity contribution in [1.29, 1.82) is 0 Å². The lowest BCUT2D eigenvalue weighted by atomic mass is 9.98. The lowest BCUT2D eigenvalue weighted by molar-refractivity contribution is 0.0684. The van der Waals surface area contributed by atoms with Gasteiger partial charge in [-0.05, 0) is 6.42 Å². The van der Waals surface area contributed by atoms with E-state index >= 15 is 0 Å². The summed E-state index contributed by atoms with van der Waals surface area (Å²) < 4.78 is 40.1. The number of carboxylic acid groups (broad SMARTS) is 1. The molecule has 0 saturated heterocycles. The Labute approximate surface area is 100 Å². The van der Waals surface area contributed by atoms with E-state index in [0.29, 0.717) is 6.42 Å². The van der Waals surface area contributed by atoms with Crippen LogP contribution in [0.15, 0.2) is 0 Å².